The zero-order chi connectivity index (χ0) is 40.1. The number of carboxylic acid groups (broad SMARTS) is 2. The third kappa shape index (κ3) is 15.4. The van der Waals surface area contributed by atoms with Crippen LogP contribution in [-0.4, -0.2) is 107 Å². The minimum atomic E-state index is -2.21. The summed E-state index contributed by atoms with van der Waals surface area (Å²) in [4.78, 5) is 51.9. The summed E-state index contributed by atoms with van der Waals surface area (Å²) in [5.41, 5.74) is 2.90. The molecule has 4 atom stereocenters. The Labute approximate surface area is 329 Å². The number of nitrogens with zero attached hydrogens (tertiary/aromatic N) is 2. The van der Waals surface area contributed by atoms with E-state index >= 15 is 0 Å². The molecule has 0 bridgehead atoms. The molecule has 298 valence electrons. The van der Waals surface area contributed by atoms with Crippen LogP contribution in [0.2, 0.25) is 0 Å². The lowest BCUT2D eigenvalue weighted by Gasteiger charge is -2.21. The number of hydrogen-bond donors (Lipinski definition) is 4. The highest BCUT2D eigenvalue weighted by molar-refractivity contribution is 5.95. The lowest BCUT2D eigenvalue weighted by molar-refractivity contribution is -0.166. The van der Waals surface area contributed by atoms with Crippen LogP contribution in [0.4, 0.5) is 0 Å². The maximum atomic E-state index is 12.0. The minimum Gasteiger partial charge on any atom is -0.478 e. The molecule has 2 aliphatic heterocycles. The first-order valence-electron chi connectivity index (χ1n) is 19.1. The van der Waals surface area contributed by atoms with Gasteiger partial charge >= 0.3 is 23.9 Å². The van der Waals surface area contributed by atoms with Gasteiger partial charge in [-0.3, -0.25) is 9.80 Å². The monoisotopic (exact) mass is 766 g/mol. The van der Waals surface area contributed by atoms with Crippen molar-refractivity contribution in [1.29, 1.82) is 0 Å². The van der Waals surface area contributed by atoms with E-state index in [1.54, 1.807) is 12.1 Å². The van der Waals surface area contributed by atoms with Crippen molar-refractivity contribution >= 4 is 23.9 Å². The van der Waals surface area contributed by atoms with Gasteiger partial charge in [-0.25, -0.2) is 19.2 Å². The Bertz CT molecular complexity index is 1630. The second-order valence-electron chi connectivity index (χ2n) is 13.9. The molecule has 4 aromatic carbocycles. The topological polar surface area (TPSA) is 158 Å². The fraction of sp³-hybridized carbons (Fsp3) is 0.364. The Hall–Kier alpha value is -5.40. The number of ether oxygens (including phenoxy) is 2. The Morgan fingerprint density at radius 1 is 0.554 bits per heavy atom. The maximum Gasteiger partial charge on any atom is 0.349 e. The van der Waals surface area contributed by atoms with Crippen molar-refractivity contribution in [2.75, 3.05) is 39.3 Å². The van der Waals surface area contributed by atoms with Gasteiger partial charge in [0.2, 0.25) is 12.2 Å². The Morgan fingerprint density at radius 3 is 1.20 bits per heavy atom. The normalized spacial score (nSPS) is 18.5. The van der Waals surface area contributed by atoms with Crippen molar-refractivity contribution in [2.45, 2.75) is 64.1 Å². The molecule has 4 N–H and O–H groups in total. The lowest BCUT2D eigenvalue weighted by atomic mass is 10.1. The van der Waals surface area contributed by atoms with E-state index in [1.165, 1.54) is 98.7 Å². The van der Waals surface area contributed by atoms with E-state index in [0.717, 1.165) is 26.2 Å². The van der Waals surface area contributed by atoms with Gasteiger partial charge in [0.15, 0.2) is 0 Å². The number of carbonyl (C=O) groups is 4. The van der Waals surface area contributed by atoms with Crippen molar-refractivity contribution in [1.82, 2.24) is 20.4 Å². The fourth-order valence-electron chi connectivity index (χ4n) is 6.12. The zero-order valence-corrected chi connectivity index (χ0v) is 32.2. The lowest BCUT2D eigenvalue weighted by Crippen LogP contribution is -2.45. The van der Waals surface area contributed by atoms with Gasteiger partial charge in [0.05, 0.1) is 11.1 Å². The SMILES string of the molecule is C[C@@H]1CCN(Cc2ccccc2)CCN1.C[C@@H]1CCN(Cc2ccccc2)CCN1.O=C(O[C@H](C(=O)O)[C@H](OC(=O)c1ccccc1)C(=O)O)c1ccccc1. The van der Waals surface area contributed by atoms with Gasteiger partial charge in [-0.05, 0) is 62.1 Å². The van der Waals surface area contributed by atoms with E-state index in [0.29, 0.717) is 12.1 Å². The molecule has 2 aliphatic rings. The quantitative estimate of drug-likeness (QED) is 0.145. The molecular formula is C44H54N4O8. The molecule has 12 heteroatoms. The number of aliphatic carboxylic acids is 2. The van der Waals surface area contributed by atoms with Gasteiger partial charge in [-0.1, -0.05) is 97.1 Å². The molecular weight excluding hydrogens is 713 g/mol. The van der Waals surface area contributed by atoms with Crippen LogP contribution in [0.15, 0.2) is 121 Å². The number of benzene rings is 4. The highest BCUT2D eigenvalue weighted by Crippen LogP contribution is 2.14. The van der Waals surface area contributed by atoms with Crippen LogP contribution < -0.4 is 10.6 Å². The van der Waals surface area contributed by atoms with E-state index in [-0.39, 0.29) is 11.1 Å². The van der Waals surface area contributed by atoms with Crippen molar-refractivity contribution in [3.63, 3.8) is 0 Å². The molecule has 4 aromatic rings. The van der Waals surface area contributed by atoms with E-state index in [1.807, 2.05) is 0 Å². The van der Waals surface area contributed by atoms with Crippen LogP contribution in [0.25, 0.3) is 0 Å². The molecule has 0 radical (unpaired) electrons. The third-order valence-electron chi connectivity index (χ3n) is 9.35. The van der Waals surface area contributed by atoms with Crippen LogP contribution in [0.3, 0.4) is 0 Å². The van der Waals surface area contributed by atoms with Gasteiger partial charge < -0.3 is 30.3 Å². The minimum absolute atomic E-state index is 0.0253. The first-order chi connectivity index (χ1) is 27.1. The third-order valence-corrected chi connectivity index (χ3v) is 9.35. The van der Waals surface area contributed by atoms with Gasteiger partial charge in [0.1, 0.15) is 0 Å². The summed E-state index contributed by atoms with van der Waals surface area (Å²) in [5.74, 6) is -5.63. The molecule has 0 aromatic heterocycles. The van der Waals surface area contributed by atoms with Crippen molar-refractivity contribution < 1.29 is 38.9 Å². The van der Waals surface area contributed by atoms with Crippen LogP contribution >= 0.6 is 0 Å². The molecule has 0 aliphatic carbocycles. The molecule has 0 saturated carbocycles. The molecule has 2 saturated heterocycles. The highest BCUT2D eigenvalue weighted by atomic mass is 16.6. The Kier molecular flexibility index (Phi) is 18.2. The van der Waals surface area contributed by atoms with Gasteiger partial charge in [0, 0.05) is 64.4 Å². The van der Waals surface area contributed by atoms with Crippen LogP contribution in [0.1, 0.15) is 58.5 Å². The molecule has 6 rings (SSSR count). The predicted octanol–water partition coefficient (Wildman–Crippen LogP) is 5.35. The molecule has 2 fully saturated rings. The Morgan fingerprint density at radius 2 is 0.875 bits per heavy atom. The van der Waals surface area contributed by atoms with Crippen molar-refractivity contribution in [2.24, 2.45) is 0 Å². The van der Waals surface area contributed by atoms with E-state index < -0.39 is 36.1 Å². The highest BCUT2D eigenvalue weighted by Gasteiger charge is 2.41. The molecule has 56 heavy (non-hydrogen) atoms. The van der Waals surface area contributed by atoms with Crippen molar-refractivity contribution in [3.8, 4) is 0 Å². The number of carbonyl (C=O) groups excluding carboxylic acids is 2. The largest absolute Gasteiger partial charge is 0.478 e. The number of hydrogen-bond acceptors (Lipinski definition) is 10. The molecule has 0 unspecified atom stereocenters. The first kappa shape index (κ1) is 43.3. The Balaban J connectivity index is 0.000000198. The van der Waals surface area contributed by atoms with Crippen molar-refractivity contribution in [3.05, 3.63) is 144 Å². The average molecular weight is 767 g/mol. The molecule has 0 spiro atoms. The second kappa shape index (κ2) is 23.5. The maximum absolute atomic E-state index is 12.0. The molecule has 2 heterocycles. The van der Waals surface area contributed by atoms with E-state index in [2.05, 4.69) is 94.9 Å². The summed E-state index contributed by atoms with van der Waals surface area (Å²) >= 11 is 0. The molecule has 12 nitrogen and oxygen atoms in total. The summed E-state index contributed by atoms with van der Waals surface area (Å²) in [7, 11) is 0. The number of rotatable bonds is 11. The summed E-state index contributed by atoms with van der Waals surface area (Å²) in [6.07, 6.45) is -1.92. The van der Waals surface area contributed by atoms with E-state index in [4.69, 9.17) is 9.47 Å². The smallest absolute Gasteiger partial charge is 0.349 e. The zero-order valence-electron chi connectivity index (χ0n) is 32.2. The second-order valence-corrected chi connectivity index (χ2v) is 13.9. The molecule has 0 amide bonds. The average Bonchev–Trinajstić information content (AvgIpc) is 3.55. The predicted molar refractivity (Wildman–Crippen MR) is 214 cm³/mol. The summed E-state index contributed by atoms with van der Waals surface area (Å²) in [6.45, 7) is 13.7. The fourth-order valence-corrected chi connectivity index (χ4v) is 6.12. The summed E-state index contributed by atoms with van der Waals surface area (Å²) in [5, 5.41) is 25.5. The van der Waals surface area contributed by atoms with Gasteiger partial charge in [-0.15, -0.1) is 0 Å². The van der Waals surface area contributed by atoms with Crippen LogP contribution in [-0.2, 0) is 32.2 Å². The number of nitrogens with one attached hydrogen (secondary N) is 2. The van der Waals surface area contributed by atoms with Crippen LogP contribution in [0, 0.1) is 0 Å². The summed E-state index contributed by atoms with van der Waals surface area (Å²) in [6, 6.07) is 37.7. The standard InChI is InChI=1S/C18H14O8.2C13H20N2/c19-15(20)13(25-17(23)11-7-3-1-4-8-11)14(16(21)22)26-18(24)12-9-5-2-6-10-12;2*1-12-7-9-15(10-8-14-12)11-13-5-3-2-4-6-13/h1-10,13-14H,(H,19,20)(H,21,22);2*2-6,12,14H,7-11H2,1H3/t13-,14-;2*12-/m011/s1. The van der Waals surface area contributed by atoms with E-state index in [9.17, 15) is 29.4 Å². The number of carboxylic acids is 2. The number of esters is 2. The van der Waals surface area contributed by atoms with Gasteiger partial charge in [-0.2, -0.15) is 0 Å². The summed E-state index contributed by atoms with van der Waals surface area (Å²) < 4.78 is 9.52. The van der Waals surface area contributed by atoms with Gasteiger partial charge in [0.25, 0.3) is 0 Å². The first-order valence-corrected chi connectivity index (χ1v) is 19.1. The van der Waals surface area contributed by atoms with Crippen LogP contribution in [0.5, 0.6) is 0 Å².